The molecule has 1 saturated heterocycles. The highest BCUT2D eigenvalue weighted by Crippen LogP contribution is 2.14. The maximum atomic E-state index is 12.9. The lowest BCUT2D eigenvalue weighted by Crippen LogP contribution is -2.49. The molecular formula is C23H20N4O. The second-order valence-corrected chi connectivity index (χ2v) is 6.55. The van der Waals surface area contributed by atoms with Crippen LogP contribution in [0.1, 0.15) is 21.5 Å². The summed E-state index contributed by atoms with van der Waals surface area (Å²) in [6.07, 6.45) is 5.09. The molecule has 1 amide bonds. The Bertz CT molecular complexity index is 1000. The van der Waals surface area contributed by atoms with Crippen molar-refractivity contribution in [2.45, 2.75) is 0 Å². The molecule has 0 spiro atoms. The van der Waals surface area contributed by atoms with E-state index in [1.165, 1.54) is 0 Å². The number of rotatable bonds is 2. The van der Waals surface area contributed by atoms with Gasteiger partial charge in [-0.25, -0.2) is 4.98 Å². The van der Waals surface area contributed by atoms with E-state index < -0.39 is 0 Å². The van der Waals surface area contributed by atoms with Crippen LogP contribution in [0.2, 0.25) is 0 Å². The fraction of sp³-hybridized carbons (Fsp3) is 0.174. The fourth-order valence-corrected chi connectivity index (χ4v) is 3.15. The molecule has 5 heteroatoms. The maximum absolute atomic E-state index is 12.9. The maximum Gasteiger partial charge on any atom is 0.255 e. The van der Waals surface area contributed by atoms with Crippen molar-refractivity contribution in [3.8, 4) is 11.8 Å². The van der Waals surface area contributed by atoms with Gasteiger partial charge in [0.1, 0.15) is 5.82 Å². The van der Waals surface area contributed by atoms with Gasteiger partial charge in [0, 0.05) is 55.9 Å². The van der Waals surface area contributed by atoms with Crippen molar-refractivity contribution in [2.75, 3.05) is 31.1 Å². The van der Waals surface area contributed by atoms with Crippen LogP contribution in [-0.4, -0.2) is 47.0 Å². The highest BCUT2D eigenvalue weighted by Gasteiger charge is 2.23. The summed E-state index contributed by atoms with van der Waals surface area (Å²) in [5.74, 6) is 7.14. The Hall–Kier alpha value is -3.65. The van der Waals surface area contributed by atoms with Gasteiger partial charge in [-0.3, -0.25) is 9.78 Å². The topological polar surface area (TPSA) is 49.3 Å². The summed E-state index contributed by atoms with van der Waals surface area (Å²) in [5, 5.41) is 0. The molecular weight excluding hydrogens is 348 g/mol. The van der Waals surface area contributed by atoms with E-state index in [1.54, 1.807) is 18.6 Å². The molecule has 2 aromatic heterocycles. The molecule has 0 saturated carbocycles. The number of amides is 1. The van der Waals surface area contributed by atoms with E-state index in [0.29, 0.717) is 18.7 Å². The van der Waals surface area contributed by atoms with Crippen LogP contribution in [0.25, 0.3) is 0 Å². The van der Waals surface area contributed by atoms with Gasteiger partial charge in [0.15, 0.2) is 0 Å². The van der Waals surface area contributed by atoms with Crippen LogP contribution < -0.4 is 4.90 Å². The Kier molecular flexibility index (Phi) is 5.30. The van der Waals surface area contributed by atoms with Crippen molar-refractivity contribution in [1.29, 1.82) is 0 Å². The molecule has 0 bridgehead atoms. The molecule has 0 unspecified atom stereocenters. The zero-order chi connectivity index (χ0) is 19.2. The van der Waals surface area contributed by atoms with Crippen LogP contribution in [0.4, 0.5) is 5.82 Å². The lowest BCUT2D eigenvalue weighted by molar-refractivity contribution is 0.0746. The Morgan fingerprint density at radius 2 is 1.61 bits per heavy atom. The van der Waals surface area contributed by atoms with Gasteiger partial charge in [-0.2, -0.15) is 0 Å². The monoisotopic (exact) mass is 368 g/mol. The molecule has 1 aliphatic heterocycles. The van der Waals surface area contributed by atoms with Crippen LogP contribution in [0.5, 0.6) is 0 Å². The standard InChI is InChI=1S/C23H20N4O/c28-23(27-14-12-26(13-15-27)22-8-4-5-11-25-22)21-16-20(17-24-18-21)10-9-19-6-2-1-3-7-19/h1-8,11,16-18H,12-15H2. The molecule has 4 rings (SSSR count). The summed E-state index contributed by atoms with van der Waals surface area (Å²) in [7, 11) is 0. The minimum Gasteiger partial charge on any atom is -0.353 e. The molecule has 0 N–H and O–H groups in total. The van der Waals surface area contributed by atoms with Gasteiger partial charge >= 0.3 is 0 Å². The van der Waals surface area contributed by atoms with E-state index in [4.69, 9.17) is 0 Å². The normalized spacial score (nSPS) is 13.6. The smallest absolute Gasteiger partial charge is 0.255 e. The first-order valence-electron chi connectivity index (χ1n) is 9.27. The number of hydrogen-bond acceptors (Lipinski definition) is 4. The number of aromatic nitrogens is 2. The van der Waals surface area contributed by atoms with Gasteiger partial charge in [0.2, 0.25) is 0 Å². The van der Waals surface area contributed by atoms with Crippen molar-refractivity contribution >= 4 is 11.7 Å². The third-order valence-electron chi connectivity index (χ3n) is 4.65. The fourth-order valence-electron chi connectivity index (χ4n) is 3.15. The average molecular weight is 368 g/mol. The van der Waals surface area contributed by atoms with Crippen molar-refractivity contribution < 1.29 is 4.79 Å². The zero-order valence-corrected chi connectivity index (χ0v) is 15.5. The summed E-state index contributed by atoms with van der Waals surface area (Å²) < 4.78 is 0. The molecule has 1 aliphatic rings. The predicted octanol–water partition coefficient (Wildman–Crippen LogP) is 2.84. The molecule has 1 fully saturated rings. The molecule has 28 heavy (non-hydrogen) atoms. The summed E-state index contributed by atoms with van der Waals surface area (Å²) in [6.45, 7) is 2.86. The highest BCUT2D eigenvalue weighted by molar-refractivity contribution is 5.94. The van der Waals surface area contributed by atoms with Gasteiger partial charge in [-0.05, 0) is 30.3 Å². The third kappa shape index (κ3) is 4.18. The number of carbonyl (C=O) groups excluding carboxylic acids is 1. The van der Waals surface area contributed by atoms with Crippen LogP contribution >= 0.6 is 0 Å². The number of piperazine rings is 1. The first-order chi connectivity index (χ1) is 13.8. The third-order valence-corrected chi connectivity index (χ3v) is 4.65. The molecule has 5 nitrogen and oxygen atoms in total. The SMILES string of the molecule is O=C(c1cncc(C#Cc2ccccc2)c1)N1CCN(c2ccccn2)CC1. The van der Waals surface area contributed by atoms with Gasteiger partial charge < -0.3 is 9.80 Å². The highest BCUT2D eigenvalue weighted by atomic mass is 16.2. The largest absolute Gasteiger partial charge is 0.353 e. The lowest BCUT2D eigenvalue weighted by atomic mass is 10.1. The van der Waals surface area contributed by atoms with Crippen LogP contribution in [0.15, 0.2) is 73.2 Å². The minimum atomic E-state index is -0.00321. The quantitative estimate of drug-likeness (QED) is 0.653. The van der Waals surface area contributed by atoms with E-state index in [9.17, 15) is 4.79 Å². The summed E-state index contributed by atoms with van der Waals surface area (Å²) in [4.78, 5) is 25.5. The van der Waals surface area contributed by atoms with Crippen LogP contribution in [0.3, 0.4) is 0 Å². The Morgan fingerprint density at radius 3 is 2.36 bits per heavy atom. The van der Waals surface area contributed by atoms with Crippen molar-refractivity contribution in [1.82, 2.24) is 14.9 Å². The van der Waals surface area contributed by atoms with Gasteiger partial charge in [0.25, 0.3) is 5.91 Å². The van der Waals surface area contributed by atoms with Crippen molar-refractivity contribution in [2.24, 2.45) is 0 Å². The molecule has 1 aromatic carbocycles. The second kappa shape index (κ2) is 8.36. The zero-order valence-electron chi connectivity index (χ0n) is 15.5. The van der Waals surface area contributed by atoms with Crippen LogP contribution in [-0.2, 0) is 0 Å². The van der Waals surface area contributed by atoms with Gasteiger partial charge in [0.05, 0.1) is 5.56 Å². The van der Waals surface area contributed by atoms with E-state index >= 15 is 0 Å². The number of benzene rings is 1. The van der Waals surface area contributed by atoms with Crippen molar-refractivity contribution in [3.63, 3.8) is 0 Å². The molecule has 3 heterocycles. The molecule has 3 aromatic rings. The van der Waals surface area contributed by atoms with E-state index in [-0.39, 0.29) is 5.91 Å². The number of hydrogen-bond donors (Lipinski definition) is 0. The number of pyridine rings is 2. The summed E-state index contributed by atoms with van der Waals surface area (Å²) >= 11 is 0. The molecule has 0 aliphatic carbocycles. The first kappa shape index (κ1) is 17.7. The first-order valence-corrected chi connectivity index (χ1v) is 9.27. The van der Waals surface area contributed by atoms with E-state index in [2.05, 4.69) is 26.7 Å². The van der Waals surface area contributed by atoms with Gasteiger partial charge in [-0.1, -0.05) is 36.1 Å². The average Bonchev–Trinajstić information content (AvgIpc) is 2.79. The Labute approximate surface area is 164 Å². The predicted molar refractivity (Wildman–Crippen MR) is 109 cm³/mol. The van der Waals surface area contributed by atoms with E-state index in [0.717, 1.165) is 30.0 Å². The number of nitrogens with zero attached hydrogens (tertiary/aromatic N) is 4. The Morgan fingerprint density at radius 1 is 0.857 bits per heavy atom. The van der Waals surface area contributed by atoms with Gasteiger partial charge in [-0.15, -0.1) is 0 Å². The Balaban J connectivity index is 1.42. The lowest BCUT2D eigenvalue weighted by Gasteiger charge is -2.35. The number of carbonyl (C=O) groups is 1. The minimum absolute atomic E-state index is 0.00321. The summed E-state index contributed by atoms with van der Waals surface area (Å²) in [5.41, 5.74) is 2.25. The second-order valence-electron chi connectivity index (χ2n) is 6.55. The molecule has 0 atom stereocenters. The van der Waals surface area contributed by atoms with Crippen LogP contribution in [0, 0.1) is 11.8 Å². The molecule has 0 radical (unpaired) electrons. The summed E-state index contributed by atoms with van der Waals surface area (Å²) in [6, 6.07) is 17.5. The van der Waals surface area contributed by atoms with E-state index in [1.807, 2.05) is 59.5 Å². The number of anilines is 1. The molecule has 138 valence electrons. The van der Waals surface area contributed by atoms with Crippen molar-refractivity contribution in [3.05, 3.63) is 89.9 Å².